The first kappa shape index (κ1) is 13.9. The van der Waals surface area contributed by atoms with Gasteiger partial charge in [0, 0.05) is 31.0 Å². The zero-order chi connectivity index (χ0) is 14.8. The molecule has 0 saturated heterocycles. The van der Waals surface area contributed by atoms with Crippen LogP contribution in [-0.2, 0) is 6.54 Å². The summed E-state index contributed by atoms with van der Waals surface area (Å²) in [6.07, 6.45) is 5.91. The minimum Gasteiger partial charge on any atom is -0.494 e. The molecule has 0 radical (unpaired) electrons. The van der Waals surface area contributed by atoms with E-state index >= 15 is 0 Å². The third-order valence-corrected chi connectivity index (χ3v) is 3.83. The molecule has 5 heteroatoms. The van der Waals surface area contributed by atoms with Crippen LogP contribution in [0, 0.1) is 0 Å². The van der Waals surface area contributed by atoms with Crippen molar-refractivity contribution in [2.45, 2.75) is 38.4 Å². The number of nitrogens with zero attached hydrogens (tertiary/aromatic N) is 2. The van der Waals surface area contributed by atoms with Gasteiger partial charge in [0.05, 0.1) is 6.61 Å². The van der Waals surface area contributed by atoms with E-state index < -0.39 is 0 Å². The SMILES string of the molecule is CCOc1ccc(C(N)Cn2ccn(C3CC3)c2=O)cc1. The molecule has 1 aliphatic carbocycles. The highest BCUT2D eigenvalue weighted by atomic mass is 16.5. The van der Waals surface area contributed by atoms with Crippen molar-refractivity contribution in [2.24, 2.45) is 5.73 Å². The lowest BCUT2D eigenvalue weighted by Gasteiger charge is -2.13. The molecule has 1 aromatic carbocycles. The van der Waals surface area contributed by atoms with E-state index in [4.69, 9.17) is 10.5 Å². The van der Waals surface area contributed by atoms with Crippen molar-refractivity contribution >= 4 is 0 Å². The van der Waals surface area contributed by atoms with E-state index in [0.29, 0.717) is 19.2 Å². The monoisotopic (exact) mass is 287 g/mol. The summed E-state index contributed by atoms with van der Waals surface area (Å²) in [5.41, 5.74) is 7.26. The number of hydrogen-bond acceptors (Lipinski definition) is 3. The fraction of sp³-hybridized carbons (Fsp3) is 0.438. The summed E-state index contributed by atoms with van der Waals surface area (Å²) in [5.74, 6) is 0.838. The lowest BCUT2D eigenvalue weighted by molar-refractivity contribution is 0.340. The van der Waals surface area contributed by atoms with Gasteiger partial charge in [0.25, 0.3) is 0 Å². The summed E-state index contributed by atoms with van der Waals surface area (Å²) in [7, 11) is 0. The topological polar surface area (TPSA) is 62.2 Å². The molecule has 1 aliphatic rings. The Hall–Kier alpha value is -2.01. The quantitative estimate of drug-likeness (QED) is 0.885. The van der Waals surface area contributed by atoms with Crippen molar-refractivity contribution in [1.82, 2.24) is 9.13 Å². The molecule has 1 saturated carbocycles. The van der Waals surface area contributed by atoms with Crippen molar-refractivity contribution in [2.75, 3.05) is 6.61 Å². The molecule has 2 aromatic rings. The summed E-state index contributed by atoms with van der Waals surface area (Å²) in [4.78, 5) is 12.2. The van der Waals surface area contributed by atoms with Crippen LogP contribution < -0.4 is 16.2 Å². The molecule has 0 amide bonds. The van der Waals surface area contributed by atoms with E-state index in [1.165, 1.54) is 0 Å². The lowest BCUT2D eigenvalue weighted by Crippen LogP contribution is -2.28. The second kappa shape index (κ2) is 5.77. The average molecular weight is 287 g/mol. The van der Waals surface area contributed by atoms with Crippen LogP contribution in [0.15, 0.2) is 41.5 Å². The number of hydrogen-bond donors (Lipinski definition) is 1. The second-order valence-corrected chi connectivity index (χ2v) is 5.48. The number of nitrogens with two attached hydrogens (primary N) is 1. The van der Waals surface area contributed by atoms with E-state index in [-0.39, 0.29) is 11.7 Å². The summed E-state index contributed by atoms with van der Waals surface area (Å²) in [6, 6.07) is 7.94. The van der Waals surface area contributed by atoms with Crippen LogP contribution in [0.25, 0.3) is 0 Å². The zero-order valence-electron chi connectivity index (χ0n) is 12.2. The lowest BCUT2D eigenvalue weighted by atomic mass is 10.1. The summed E-state index contributed by atoms with van der Waals surface area (Å²) in [6.45, 7) is 3.10. The molecule has 1 atom stereocenters. The highest BCUT2D eigenvalue weighted by Crippen LogP contribution is 2.33. The van der Waals surface area contributed by atoms with Crippen LogP contribution in [0.1, 0.15) is 37.4 Å². The molecule has 5 nitrogen and oxygen atoms in total. The maximum Gasteiger partial charge on any atom is 0.328 e. The van der Waals surface area contributed by atoms with Gasteiger partial charge in [-0.2, -0.15) is 0 Å². The molecule has 21 heavy (non-hydrogen) atoms. The van der Waals surface area contributed by atoms with Crippen LogP contribution in [-0.4, -0.2) is 15.7 Å². The molecule has 1 fully saturated rings. The number of ether oxygens (including phenoxy) is 1. The standard InChI is InChI=1S/C16H21N3O2/c1-2-21-14-7-3-12(4-8-14)15(17)11-18-9-10-19(16(18)20)13-5-6-13/h3-4,7-10,13,15H,2,5-6,11,17H2,1H3. The van der Waals surface area contributed by atoms with Crippen LogP contribution in [0.3, 0.4) is 0 Å². The Morgan fingerprint density at radius 1 is 1.29 bits per heavy atom. The third kappa shape index (κ3) is 3.03. The molecule has 0 aliphatic heterocycles. The molecule has 1 heterocycles. The summed E-state index contributed by atoms with van der Waals surface area (Å²) >= 11 is 0. The number of rotatable bonds is 6. The van der Waals surface area contributed by atoms with E-state index in [9.17, 15) is 4.79 Å². The molecule has 0 spiro atoms. The van der Waals surface area contributed by atoms with E-state index in [1.807, 2.05) is 48.1 Å². The van der Waals surface area contributed by atoms with Gasteiger partial charge in [-0.05, 0) is 37.5 Å². The molecule has 2 N–H and O–H groups in total. The van der Waals surface area contributed by atoms with Gasteiger partial charge < -0.3 is 10.5 Å². The summed E-state index contributed by atoms with van der Waals surface area (Å²) < 4.78 is 8.92. The summed E-state index contributed by atoms with van der Waals surface area (Å²) in [5, 5.41) is 0. The van der Waals surface area contributed by atoms with E-state index in [2.05, 4.69) is 0 Å². The first-order valence-corrected chi connectivity index (χ1v) is 7.44. The van der Waals surface area contributed by atoms with Gasteiger partial charge >= 0.3 is 5.69 Å². The Kier molecular flexibility index (Phi) is 3.84. The molecule has 1 aromatic heterocycles. The zero-order valence-corrected chi connectivity index (χ0v) is 12.2. The first-order chi connectivity index (χ1) is 10.2. The fourth-order valence-electron chi connectivity index (χ4n) is 2.49. The Balaban J connectivity index is 1.70. The van der Waals surface area contributed by atoms with Crippen molar-refractivity contribution in [3.8, 4) is 5.75 Å². The Morgan fingerprint density at radius 3 is 2.62 bits per heavy atom. The van der Waals surface area contributed by atoms with Crippen LogP contribution >= 0.6 is 0 Å². The smallest absolute Gasteiger partial charge is 0.328 e. The van der Waals surface area contributed by atoms with Crippen LogP contribution in [0.2, 0.25) is 0 Å². The maximum absolute atomic E-state index is 12.2. The Bertz CT molecular complexity index is 653. The maximum atomic E-state index is 12.2. The van der Waals surface area contributed by atoms with Gasteiger partial charge in [-0.3, -0.25) is 9.13 Å². The Morgan fingerprint density at radius 2 is 2.00 bits per heavy atom. The van der Waals surface area contributed by atoms with Crippen LogP contribution in [0.4, 0.5) is 0 Å². The number of benzene rings is 1. The minimum absolute atomic E-state index is 0.0406. The first-order valence-electron chi connectivity index (χ1n) is 7.44. The van der Waals surface area contributed by atoms with E-state index in [0.717, 1.165) is 24.2 Å². The molecule has 112 valence electrons. The molecule has 3 rings (SSSR count). The van der Waals surface area contributed by atoms with Crippen molar-refractivity contribution in [1.29, 1.82) is 0 Å². The van der Waals surface area contributed by atoms with Gasteiger partial charge in [-0.25, -0.2) is 4.79 Å². The fourth-order valence-corrected chi connectivity index (χ4v) is 2.49. The van der Waals surface area contributed by atoms with Gasteiger partial charge in [-0.15, -0.1) is 0 Å². The predicted molar refractivity (Wildman–Crippen MR) is 81.5 cm³/mol. The van der Waals surface area contributed by atoms with Crippen molar-refractivity contribution in [3.63, 3.8) is 0 Å². The third-order valence-electron chi connectivity index (χ3n) is 3.83. The van der Waals surface area contributed by atoms with Gasteiger partial charge in [0.1, 0.15) is 5.75 Å². The number of imidazole rings is 1. The highest BCUT2D eigenvalue weighted by Gasteiger charge is 2.25. The molecular weight excluding hydrogens is 266 g/mol. The van der Waals surface area contributed by atoms with Gasteiger partial charge in [0.15, 0.2) is 0 Å². The Labute approximate surface area is 124 Å². The van der Waals surface area contributed by atoms with E-state index in [1.54, 1.807) is 4.57 Å². The minimum atomic E-state index is -0.201. The molecule has 0 bridgehead atoms. The van der Waals surface area contributed by atoms with Crippen LogP contribution in [0.5, 0.6) is 5.75 Å². The molecule has 1 unspecified atom stereocenters. The normalized spacial score (nSPS) is 15.9. The van der Waals surface area contributed by atoms with Crippen molar-refractivity contribution < 1.29 is 4.74 Å². The highest BCUT2D eigenvalue weighted by molar-refractivity contribution is 5.29. The van der Waals surface area contributed by atoms with Crippen molar-refractivity contribution in [3.05, 3.63) is 52.7 Å². The second-order valence-electron chi connectivity index (χ2n) is 5.48. The number of aromatic nitrogens is 2. The predicted octanol–water partition coefficient (Wildman–Crippen LogP) is 2.08. The largest absolute Gasteiger partial charge is 0.494 e. The van der Waals surface area contributed by atoms with Gasteiger partial charge in [0.2, 0.25) is 0 Å². The average Bonchev–Trinajstić information content (AvgIpc) is 3.26. The van der Waals surface area contributed by atoms with Gasteiger partial charge in [-0.1, -0.05) is 12.1 Å². The molecular formula is C16H21N3O2.